The molecule has 0 bridgehead atoms. The molecule has 0 spiro atoms. The van der Waals surface area contributed by atoms with Crippen LogP contribution in [-0.2, 0) is 11.4 Å². The molecule has 0 amide bonds. The largest absolute Gasteiger partial charge is 0.479 e. The molecule has 1 aromatic heterocycles. The monoisotopic (exact) mass is 268 g/mol. The lowest BCUT2D eigenvalue weighted by atomic mass is 10.2. The third-order valence-electron chi connectivity index (χ3n) is 2.95. The first-order valence-corrected chi connectivity index (χ1v) is 6.19. The lowest BCUT2D eigenvalue weighted by molar-refractivity contribution is -0.136. The van der Waals surface area contributed by atoms with Gasteiger partial charge in [-0.15, -0.1) is 0 Å². The lowest BCUT2D eigenvalue weighted by Crippen LogP contribution is -2.25. The van der Waals surface area contributed by atoms with Crippen molar-refractivity contribution in [2.45, 2.75) is 12.6 Å². The molecular formula is C15H12N2O3. The Morgan fingerprint density at radius 2 is 2.00 bits per heavy atom. The van der Waals surface area contributed by atoms with Crippen LogP contribution in [0.25, 0.3) is 6.08 Å². The highest BCUT2D eigenvalue weighted by atomic mass is 16.5. The fourth-order valence-corrected chi connectivity index (χ4v) is 1.96. The van der Waals surface area contributed by atoms with Crippen LogP contribution in [0.5, 0.6) is 5.88 Å². The fraction of sp³-hybridized carbons (Fsp3) is 0.133. The van der Waals surface area contributed by atoms with E-state index in [9.17, 15) is 4.79 Å². The Bertz CT molecular complexity index is 756. The molecule has 1 aliphatic heterocycles. The summed E-state index contributed by atoms with van der Waals surface area (Å²) in [6, 6.07) is 12.3. The molecule has 0 radical (unpaired) electrons. The molecule has 5 nitrogen and oxygen atoms in total. The molecule has 0 unspecified atom stereocenters. The van der Waals surface area contributed by atoms with Crippen molar-refractivity contribution in [2.75, 3.05) is 0 Å². The first kappa shape index (κ1) is 12.3. The zero-order valence-electron chi connectivity index (χ0n) is 10.6. The van der Waals surface area contributed by atoms with Crippen LogP contribution in [0.15, 0.2) is 47.5 Å². The van der Waals surface area contributed by atoms with Crippen molar-refractivity contribution in [2.24, 2.45) is 4.99 Å². The number of nitrogens with zero attached hydrogens (tertiary/aromatic N) is 2. The van der Waals surface area contributed by atoms with Gasteiger partial charge in [0.1, 0.15) is 6.61 Å². The van der Waals surface area contributed by atoms with Crippen LogP contribution in [0.1, 0.15) is 5.56 Å². The van der Waals surface area contributed by atoms with Crippen LogP contribution in [0, 0.1) is 0 Å². The average Bonchev–Trinajstić information content (AvgIpc) is 2.89. The van der Waals surface area contributed by atoms with Crippen LogP contribution >= 0.6 is 0 Å². The molecule has 1 N–H and O–H groups in total. The molecule has 5 heteroatoms. The maximum Gasteiger partial charge on any atom is 0.332 e. The van der Waals surface area contributed by atoms with Crippen molar-refractivity contribution in [1.82, 2.24) is 4.98 Å². The number of carbonyl (C=O) groups is 1. The molecule has 100 valence electrons. The quantitative estimate of drug-likeness (QED) is 0.878. The minimum absolute atomic E-state index is 0.423. The highest BCUT2D eigenvalue weighted by Gasteiger charge is 2.17. The van der Waals surface area contributed by atoms with E-state index in [1.165, 1.54) is 6.08 Å². The number of ether oxygens (including phenoxy) is 1. The molecular weight excluding hydrogens is 256 g/mol. The number of hydrogen-bond donors (Lipinski definition) is 1. The summed E-state index contributed by atoms with van der Waals surface area (Å²) >= 11 is 0. The molecule has 2 aromatic rings. The molecule has 0 saturated heterocycles. The van der Waals surface area contributed by atoms with E-state index in [0.717, 1.165) is 5.56 Å². The van der Waals surface area contributed by atoms with Gasteiger partial charge in [-0.3, -0.25) is 4.99 Å². The maximum absolute atomic E-state index is 10.9. The summed E-state index contributed by atoms with van der Waals surface area (Å²) in [4.78, 5) is 19.2. The van der Waals surface area contributed by atoms with Crippen LogP contribution in [0.3, 0.4) is 0 Å². The number of aliphatic carboxylic acids is 1. The van der Waals surface area contributed by atoms with Crippen molar-refractivity contribution >= 4 is 12.0 Å². The normalized spacial score (nSPS) is 15.9. The van der Waals surface area contributed by atoms with Gasteiger partial charge in [0, 0.05) is 6.07 Å². The Labute approximate surface area is 114 Å². The van der Waals surface area contributed by atoms with E-state index in [2.05, 4.69) is 9.98 Å². The van der Waals surface area contributed by atoms with Crippen molar-refractivity contribution in [1.29, 1.82) is 0 Å². The summed E-state index contributed by atoms with van der Waals surface area (Å²) < 4.78 is 5.59. The lowest BCUT2D eigenvalue weighted by Gasteiger charge is -2.04. The molecule has 0 saturated carbocycles. The standard InChI is InChI=1S/C15H12N2O3/c18-15(19)13-8-12-11(16-13)6-7-14(17-12)20-9-10-4-2-1-3-5-10/h1-8,13H,9H2,(H,18,19)/t13-/m1/s1. The molecule has 0 fully saturated rings. The SMILES string of the molecule is O=C(O)[C@H]1C=c2nc(OCc3ccccc3)ccc2=N1. The minimum atomic E-state index is -0.977. The predicted molar refractivity (Wildman–Crippen MR) is 71.7 cm³/mol. The van der Waals surface area contributed by atoms with Crippen molar-refractivity contribution in [3.8, 4) is 5.88 Å². The number of pyridine rings is 1. The van der Waals surface area contributed by atoms with Gasteiger partial charge in [0.25, 0.3) is 0 Å². The summed E-state index contributed by atoms with van der Waals surface area (Å²) in [6.45, 7) is 0.423. The molecule has 1 atom stereocenters. The number of carboxylic acids is 1. The maximum atomic E-state index is 10.9. The number of rotatable bonds is 4. The molecule has 3 rings (SSSR count). The van der Waals surface area contributed by atoms with E-state index in [1.807, 2.05) is 30.3 Å². The second kappa shape index (κ2) is 5.13. The third-order valence-corrected chi connectivity index (χ3v) is 2.95. The van der Waals surface area contributed by atoms with Gasteiger partial charge in [0.2, 0.25) is 5.88 Å². The average molecular weight is 268 g/mol. The van der Waals surface area contributed by atoms with E-state index in [1.54, 1.807) is 12.1 Å². The predicted octanol–water partition coefficient (Wildman–Crippen LogP) is 0.527. The van der Waals surface area contributed by atoms with E-state index >= 15 is 0 Å². The molecule has 1 aromatic carbocycles. The first-order chi connectivity index (χ1) is 9.72. The van der Waals surface area contributed by atoms with Gasteiger partial charge < -0.3 is 9.84 Å². The van der Waals surface area contributed by atoms with Gasteiger partial charge in [-0.25, -0.2) is 9.78 Å². The number of carboxylic acid groups (broad SMARTS) is 1. The third kappa shape index (κ3) is 2.51. The van der Waals surface area contributed by atoms with Crippen molar-refractivity contribution in [3.05, 3.63) is 58.7 Å². The van der Waals surface area contributed by atoms with E-state index in [-0.39, 0.29) is 0 Å². The smallest absolute Gasteiger partial charge is 0.332 e. The van der Waals surface area contributed by atoms with Gasteiger partial charge in [-0.1, -0.05) is 30.3 Å². The number of aromatic nitrogens is 1. The molecule has 2 heterocycles. The molecule has 20 heavy (non-hydrogen) atoms. The Morgan fingerprint density at radius 3 is 2.75 bits per heavy atom. The van der Waals surface area contributed by atoms with E-state index in [0.29, 0.717) is 23.2 Å². The summed E-state index contributed by atoms with van der Waals surface area (Å²) in [5.41, 5.74) is 1.05. The van der Waals surface area contributed by atoms with Crippen LogP contribution in [-0.4, -0.2) is 22.1 Å². The number of benzene rings is 1. The van der Waals surface area contributed by atoms with Crippen LogP contribution < -0.4 is 15.4 Å². The van der Waals surface area contributed by atoms with Crippen LogP contribution in [0.4, 0.5) is 0 Å². The van der Waals surface area contributed by atoms with Gasteiger partial charge in [0.15, 0.2) is 6.04 Å². The van der Waals surface area contributed by atoms with Gasteiger partial charge >= 0.3 is 5.97 Å². The molecule has 0 aliphatic carbocycles. The zero-order valence-corrected chi connectivity index (χ0v) is 10.6. The highest BCUT2D eigenvalue weighted by molar-refractivity contribution is 5.81. The topological polar surface area (TPSA) is 71.8 Å². The Hall–Kier alpha value is -2.69. The van der Waals surface area contributed by atoms with Crippen LogP contribution in [0.2, 0.25) is 0 Å². The minimum Gasteiger partial charge on any atom is -0.479 e. The van der Waals surface area contributed by atoms with E-state index in [4.69, 9.17) is 9.84 Å². The summed E-state index contributed by atoms with van der Waals surface area (Å²) in [6.07, 6.45) is 1.52. The summed E-state index contributed by atoms with van der Waals surface area (Å²) in [7, 11) is 0. The Balaban J connectivity index is 1.79. The summed E-state index contributed by atoms with van der Waals surface area (Å²) in [5, 5.41) is 10.1. The van der Waals surface area contributed by atoms with Crippen molar-refractivity contribution in [3.63, 3.8) is 0 Å². The Kier molecular flexibility index (Phi) is 3.16. The van der Waals surface area contributed by atoms with Gasteiger partial charge in [0.05, 0.1) is 10.7 Å². The highest BCUT2D eigenvalue weighted by Crippen LogP contribution is 2.06. The number of fused-ring (bicyclic) bond motifs is 1. The number of hydrogen-bond acceptors (Lipinski definition) is 4. The molecule has 1 aliphatic rings. The Morgan fingerprint density at radius 1 is 1.20 bits per heavy atom. The van der Waals surface area contributed by atoms with E-state index < -0.39 is 12.0 Å². The van der Waals surface area contributed by atoms with Crippen molar-refractivity contribution < 1.29 is 14.6 Å². The van der Waals surface area contributed by atoms with Gasteiger partial charge in [-0.05, 0) is 17.7 Å². The van der Waals surface area contributed by atoms with Gasteiger partial charge in [-0.2, -0.15) is 0 Å². The first-order valence-electron chi connectivity index (χ1n) is 6.19. The summed E-state index contributed by atoms with van der Waals surface area (Å²) in [5.74, 6) is -0.514. The second-order valence-corrected chi connectivity index (χ2v) is 4.41. The second-order valence-electron chi connectivity index (χ2n) is 4.41. The zero-order chi connectivity index (χ0) is 13.9. The fourth-order valence-electron chi connectivity index (χ4n) is 1.96.